The number of hydrogen-bond acceptors (Lipinski definition) is 5. The largest absolute Gasteiger partial charge is 0.270 e. The van der Waals surface area contributed by atoms with Crippen molar-refractivity contribution in [3.8, 4) is 11.4 Å². The summed E-state index contributed by atoms with van der Waals surface area (Å²) in [5.41, 5.74) is 2.10. The van der Waals surface area contributed by atoms with Gasteiger partial charge in [0.1, 0.15) is 0 Å². The highest BCUT2D eigenvalue weighted by Crippen LogP contribution is 2.26. The topological polar surface area (TPSA) is 86.2 Å². The third-order valence-electron chi connectivity index (χ3n) is 3.76. The van der Waals surface area contributed by atoms with Gasteiger partial charge in [0.05, 0.1) is 10.6 Å². The van der Waals surface area contributed by atoms with Crippen LogP contribution in [0.1, 0.15) is 5.69 Å². The normalized spacial score (nSPS) is 11.2. The predicted molar refractivity (Wildman–Crippen MR) is 85.1 cm³/mol. The lowest BCUT2D eigenvalue weighted by atomic mass is 10.1. The minimum Gasteiger partial charge on any atom is -0.258 e. The van der Waals surface area contributed by atoms with Crippen molar-refractivity contribution >= 4 is 22.1 Å². The Morgan fingerprint density at radius 3 is 2.61 bits per heavy atom. The molecule has 4 rings (SSSR count). The average molecular weight is 305 g/mol. The molecular formula is C16H11N5O2. The molecule has 0 spiro atoms. The summed E-state index contributed by atoms with van der Waals surface area (Å²) in [5, 5.41) is 25.9. The van der Waals surface area contributed by atoms with Crippen LogP contribution in [0.15, 0.2) is 48.5 Å². The van der Waals surface area contributed by atoms with Crippen LogP contribution in [-0.2, 0) is 0 Å². The number of nitro benzene ring substituents is 1. The minimum absolute atomic E-state index is 0.0109. The smallest absolute Gasteiger partial charge is 0.258 e. The summed E-state index contributed by atoms with van der Waals surface area (Å²) >= 11 is 0. The molecule has 7 nitrogen and oxygen atoms in total. The number of aryl methyl sites for hydroxylation is 1. The Morgan fingerprint density at radius 2 is 1.83 bits per heavy atom. The summed E-state index contributed by atoms with van der Waals surface area (Å²) < 4.78 is 1.64. The van der Waals surface area contributed by atoms with E-state index in [1.807, 2.05) is 31.2 Å². The van der Waals surface area contributed by atoms with Crippen molar-refractivity contribution < 1.29 is 4.92 Å². The molecule has 0 amide bonds. The van der Waals surface area contributed by atoms with Gasteiger partial charge in [-0.15, -0.1) is 10.2 Å². The van der Waals surface area contributed by atoms with E-state index in [-0.39, 0.29) is 5.69 Å². The number of aromatic nitrogens is 4. The van der Waals surface area contributed by atoms with Gasteiger partial charge in [-0.1, -0.05) is 36.4 Å². The zero-order chi connectivity index (χ0) is 16.0. The molecule has 0 unspecified atom stereocenters. The number of rotatable bonds is 2. The number of benzene rings is 2. The van der Waals surface area contributed by atoms with E-state index in [4.69, 9.17) is 0 Å². The Balaban J connectivity index is 2.02. The maximum Gasteiger partial charge on any atom is 0.270 e. The number of nitrogens with zero attached hydrogens (tertiary/aromatic N) is 5. The fraction of sp³-hybridized carbons (Fsp3) is 0.0625. The molecule has 23 heavy (non-hydrogen) atoms. The fourth-order valence-corrected chi connectivity index (χ4v) is 2.68. The zero-order valence-electron chi connectivity index (χ0n) is 12.2. The van der Waals surface area contributed by atoms with Crippen molar-refractivity contribution in [1.29, 1.82) is 0 Å². The van der Waals surface area contributed by atoms with Crippen LogP contribution in [0, 0.1) is 17.0 Å². The van der Waals surface area contributed by atoms with Gasteiger partial charge in [0, 0.05) is 28.5 Å². The number of non-ortho nitro benzene ring substituents is 1. The SMILES string of the molecule is Cc1nn2c(-c3cccc([N+](=O)[O-])c3)nnc2c2ccccc12. The van der Waals surface area contributed by atoms with Crippen molar-refractivity contribution in [3.63, 3.8) is 0 Å². The second kappa shape index (κ2) is 4.84. The van der Waals surface area contributed by atoms with Crippen LogP contribution in [-0.4, -0.2) is 24.7 Å². The van der Waals surface area contributed by atoms with E-state index in [2.05, 4.69) is 15.3 Å². The first-order chi connectivity index (χ1) is 11.1. The number of fused-ring (bicyclic) bond motifs is 3. The van der Waals surface area contributed by atoms with Crippen molar-refractivity contribution in [2.24, 2.45) is 0 Å². The molecule has 0 aliphatic carbocycles. The van der Waals surface area contributed by atoms with Crippen molar-refractivity contribution in [1.82, 2.24) is 19.8 Å². The Hall–Kier alpha value is -3.35. The van der Waals surface area contributed by atoms with Gasteiger partial charge in [-0.3, -0.25) is 10.1 Å². The first-order valence-corrected chi connectivity index (χ1v) is 7.01. The van der Waals surface area contributed by atoms with Crippen LogP contribution in [0.5, 0.6) is 0 Å². The summed E-state index contributed by atoms with van der Waals surface area (Å²) in [5.74, 6) is 0.484. The van der Waals surface area contributed by atoms with Gasteiger partial charge < -0.3 is 0 Å². The summed E-state index contributed by atoms with van der Waals surface area (Å²) in [4.78, 5) is 10.5. The molecule has 4 aromatic rings. The summed E-state index contributed by atoms with van der Waals surface area (Å²) in [6.45, 7) is 1.92. The summed E-state index contributed by atoms with van der Waals surface area (Å²) in [6, 6.07) is 14.1. The molecule has 112 valence electrons. The van der Waals surface area contributed by atoms with E-state index in [9.17, 15) is 10.1 Å². The molecule has 0 saturated carbocycles. The molecule has 2 aromatic heterocycles. The zero-order valence-corrected chi connectivity index (χ0v) is 12.2. The van der Waals surface area contributed by atoms with E-state index >= 15 is 0 Å². The standard InChI is InChI=1S/C16H11N5O2/c1-10-13-7-2-3-8-14(13)16-18-17-15(20(16)19-10)11-5-4-6-12(9-11)21(22)23/h2-9H,1H3. The molecule has 0 atom stereocenters. The Labute approximate surface area is 130 Å². The highest BCUT2D eigenvalue weighted by Gasteiger charge is 2.15. The number of nitro groups is 1. The van der Waals surface area contributed by atoms with E-state index in [0.29, 0.717) is 17.0 Å². The van der Waals surface area contributed by atoms with E-state index in [1.54, 1.807) is 16.6 Å². The second-order valence-corrected chi connectivity index (χ2v) is 5.20. The van der Waals surface area contributed by atoms with Crippen molar-refractivity contribution in [2.75, 3.05) is 0 Å². The Kier molecular flexibility index (Phi) is 2.80. The molecule has 0 bridgehead atoms. The first-order valence-electron chi connectivity index (χ1n) is 7.01. The van der Waals surface area contributed by atoms with Gasteiger partial charge in [-0.05, 0) is 6.92 Å². The van der Waals surface area contributed by atoms with Crippen molar-refractivity contribution in [2.45, 2.75) is 6.92 Å². The maximum absolute atomic E-state index is 11.0. The lowest BCUT2D eigenvalue weighted by Crippen LogP contribution is -1.99. The van der Waals surface area contributed by atoms with Gasteiger partial charge in [0.15, 0.2) is 11.5 Å². The summed E-state index contributed by atoms with van der Waals surface area (Å²) in [6.07, 6.45) is 0. The monoisotopic (exact) mass is 305 g/mol. The second-order valence-electron chi connectivity index (χ2n) is 5.20. The summed E-state index contributed by atoms with van der Waals surface area (Å²) in [7, 11) is 0. The third-order valence-corrected chi connectivity index (χ3v) is 3.76. The molecule has 2 aromatic carbocycles. The van der Waals surface area contributed by atoms with Crippen LogP contribution in [0.4, 0.5) is 5.69 Å². The molecule has 0 fully saturated rings. The van der Waals surface area contributed by atoms with E-state index < -0.39 is 4.92 Å². The Morgan fingerprint density at radius 1 is 1.04 bits per heavy atom. The molecule has 0 aliphatic heterocycles. The highest BCUT2D eigenvalue weighted by atomic mass is 16.6. The predicted octanol–water partition coefficient (Wildman–Crippen LogP) is 3.16. The molecule has 0 aliphatic rings. The molecular weight excluding hydrogens is 294 g/mol. The van der Waals surface area contributed by atoms with Crippen molar-refractivity contribution in [3.05, 3.63) is 64.3 Å². The third kappa shape index (κ3) is 2.02. The molecule has 0 saturated heterocycles. The molecule has 0 N–H and O–H groups in total. The van der Waals surface area contributed by atoms with Crippen LogP contribution >= 0.6 is 0 Å². The lowest BCUT2D eigenvalue weighted by Gasteiger charge is -2.04. The maximum atomic E-state index is 11.0. The molecule has 2 heterocycles. The average Bonchev–Trinajstić information content (AvgIpc) is 2.99. The van der Waals surface area contributed by atoms with Gasteiger partial charge in [-0.25, -0.2) is 0 Å². The van der Waals surface area contributed by atoms with Crippen LogP contribution in [0.3, 0.4) is 0 Å². The Bertz CT molecular complexity index is 1070. The van der Waals surface area contributed by atoms with Gasteiger partial charge in [0.25, 0.3) is 5.69 Å². The van der Waals surface area contributed by atoms with Crippen LogP contribution in [0.2, 0.25) is 0 Å². The van der Waals surface area contributed by atoms with Gasteiger partial charge in [-0.2, -0.15) is 9.61 Å². The molecule has 0 radical (unpaired) electrons. The molecule has 7 heteroatoms. The van der Waals surface area contributed by atoms with E-state index in [0.717, 1.165) is 16.5 Å². The van der Waals surface area contributed by atoms with Crippen LogP contribution < -0.4 is 0 Å². The van der Waals surface area contributed by atoms with Crippen LogP contribution in [0.25, 0.3) is 27.8 Å². The first kappa shape index (κ1) is 13.3. The quantitative estimate of drug-likeness (QED) is 0.419. The van der Waals surface area contributed by atoms with Gasteiger partial charge >= 0.3 is 0 Å². The number of hydrogen-bond donors (Lipinski definition) is 0. The highest BCUT2D eigenvalue weighted by molar-refractivity contribution is 5.95. The fourth-order valence-electron chi connectivity index (χ4n) is 2.68. The minimum atomic E-state index is -0.430. The van der Waals surface area contributed by atoms with Gasteiger partial charge in [0.2, 0.25) is 0 Å². The lowest BCUT2D eigenvalue weighted by molar-refractivity contribution is -0.384. The van der Waals surface area contributed by atoms with E-state index in [1.165, 1.54) is 12.1 Å².